The number of halogens is 2. The van der Waals surface area contributed by atoms with Crippen LogP contribution in [0.15, 0.2) is 30.5 Å². The third kappa shape index (κ3) is 4.98. The molecule has 11 heteroatoms. The van der Waals surface area contributed by atoms with Crippen LogP contribution in [0.25, 0.3) is 0 Å². The minimum Gasteiger partial charge on any atom is -0.465 e. The van der Waals surface area contributed by atoms with Gasteiger partial charge in [-0.25, -0.2) is 28.5 Å². The minimum atomic E-state index is -0.935. The Morgan fingerprint density at radius 2 is 1.71 bits per heavy atom. The van der Waals surface area contributed by atoms with Gasteiger partial charge in [0.15, 0.2) is 17.5 Å². The molecule has 5 rings (SSSR count). The van der Waals surface area contributed by atoms with Crippen LogP contribution in [0, 0.1) is 25.5 Å². The smallest absolute Gasteiger partial charge is 0.339 e. The third-order valence-electron chi connectivity index (χ3n) is 7.88. The van der Waals surface area contributed by atoms with E-state index in [1.807, 2.05) is 40.7 Å². The molecule has 0 atom stereocenters. The molecule has 0 saturated carbocycles. The number of anilines is 3. The van der Waals surface area contributed by atoms with E-state index in [-0.39, 0.29) is 11.6 Å². The fourth-order valence-electron chi connectivity index (χ4n) is 5.80. The van der Waals surface area contributed by atoms with Crippen LogP contribution in [-0.4, -0.2) is 70.6 Å². The summed E-state index contributed by atoms with van der Waals surface area (Å²) in [6.07, 6.45) is 1.46. The van der Waals surface area contributed by atoms with Crippen molar-refractivity contribution in [3.8, 4) is 0 Å². The van der Waals surface area contributed by atoms with Crippen molar-refractivity contribution in [1.29, 1.82) is 0 Å². The molecule has 41 heavy (non-hydrogen) atoms. The molecule has 0 bridgehead atoms. The molecule has 0 unspecified atom stereocenters. The number of aryl methyl sites for hydroxylation is 2. The van der Waals surface area contributed by atoms with Gasteiger partial charge in [-0.2, -0.15) is 0 Å². The first-order valence-corrected chi connectivity index (χ1v) is 13.5. The van der Waals surface area contributed by atoms with Crippen molar-refractivity contribution in [2.45, 2.75) is 52.5 Å². The standard InChI is InChI=1S/C30H34F2N6O3/c1-17-12-23(34-18(2)24(17)28(40)41-7)36-10-11-38(30(5,6)16-36)27(39)22-14-33-26-25(35-22)29(3,4)15-37(26)19-8-9-20(31)21(32)13-19/h8-9,12-14H,10-11,15-16H2,1-7H3. The third-order valence-corrected chi connectivity index (χ3v) is 7.88. The average molecular weight is 565 g/mol. The van der Waals surface area contributed by atoms with E-state index >= 15 is 0 Å². The van der Waals surface area contributed by atoms with Crippen LogP contribution < -0.4 is 9.80 Å². The molecule has 0 aliphatic carbocycles. The van der Waals surface area contributed by atoms with Crippen molar-refractivity contribution in [2.75, 3.05) is 43.1 Å². The van der Waals surface area contributed by atoms with Gasteiger partial charge in [0.2, 0.25) is 0 Å². The van der Waals surface area contributed by atoms with Crippen LogP contribution in [0.3, 0.4) is 0 Å². The topological polar surface area (TPSA) is 91.8 Å². The first kappa shape index (κ1) is 28.4. The molecule has 1 aromatic carbocycles. The Bertz CT molecular complexity index is 1530. The van der Waals surface area contributed by atoms with Crippen molar-refractivity contribution in [1.82, 2.24) is 19.9 Å². The molecule has 1 amide bonds. The van der Waals surface area contributed by atoms with Crippen LogP contribution in [0.5, 0.6) is 0 Å². The Balaban J connectivity index is 1.39. The molecule has 4 heterocycles. The largest absolute Gasteiger partial charge is 0.465 e. The number of fused-ring (bicyclic) bond motifs is 1. The average Bonchev–Trinajstić information content (AvgIpc) is 3.18. The number of hydrogen-bond donors (Lipinski definition) is 0. The maximum Gasteiger partial charge on any atom is 0.339 e. The Hall–Kier alpha value is -4.15. The van der Waals surface area contributed by atoms with E-state index in [1.54, 1.807) is 16.7 Å². The number of carbonyl (C=O) groups is 2. The molecule has 1 saturated heterocycles. The number of hydrogen-bond acceptors (Lipinski definition) is 8. The van der Waals surface area contributed by atoms with Crippen LogP contribution in [0.4, 0.5) is 26.1 Å². The summed E-state index contributed by atoms with van der Waals surface area (Å²) in [5.41, 5.74) is 2.14. The molecular weight excluding hydrogens is 530 g/mol. The number of carbonyl (C=O) groups excluding carboxylic acids is 2. The van der Waals surface area contributed by atoms with Gasteiger partial charge in [-0.3, -0.25) is 4.79 Å². The fourth-order valence-corrected chi connectivity index (χ4v) is 5.80. The predicted octanol–water partition coefficient (Wildman–Crippen LogP) is 4.72. The highest BCUT2D eigenvalue weighted by Gasteiger charge is 2.42. The van der Waals surface area contributed by atoms with Crippen molar-refractivity contribution >= 4 is 29.2 Å². The van der Waals surface area contributed by atoms with Gasteiger partial charge in [0.1, 0.15) is 11.5 Å². The number of aromatic nitrogens is 3. The predicted molar refractivity (Wildman–Crippen MR) is 151 cm³/mol. The number of ether oxygens (including phenoxy) is 1. The second-order valence-electron chi connectivity index (χ2n) is 11.9. The summed E-state index contributed by atoms with van der Waals surface area (Å²) < 4.78 is 32.4. The first-order valence-electron chi connectivity index (χ1n) is 13.5. The zero-order valence-corrected chi connectivity index (χ0v) is 24.4. The summed E-state index contributed by atoms with van der Waals surface area (Å²) in [7, 11) is 1.35. The lowest BCUT2D eigenvalue weighted by Crippen LogP contribution is -2.61. The zero-order valence-electron chi connectivity index (χ0n) is 24.4. The molecule has 0 spiro atoms. The van der Waals surface area contributed by atoms with Gasteiger partial charge in [-0.15, -0.1) is 0 Å². The number of rotatable bonds is 4. The van der Waals surface area contributed by atoms with Crippen LogP contribution >= 0.6 is 0 Å². The number of esters is 1. The summed E-state index contributed by atoms with van der Waals surface area (Å²) in [5, 5.41) is 0. The second-order valence-corrected chi connectivity index (χ2v) is 11.9. The minimum absolute atomic E-state index is 0.228. The van der Waals surface area contributed by atoms with Gasteiger partial charge in [0.05, 0.1) is 35.8 Å². The Kier molecular flexibility index (Phi) is 6.95. The number of piperazine rings is 1. The molecule has 0 radical (unpaired) electrons. The van der Waals surface area contributed by atoms with Crippen molar-refractivity contribution in [2.24, 2.45) is 0 Å². The lowest BCUT2D eigenvalue weighted by atomic mass is 9.92. The van der Waals surface area contributed by atoms with Gasteiger partial charge in [-0.1, -0.05) is 13.8 Å². The van der Waals surface area contributed by atoms with Crippen LogP contribution in [-0.2, 0) is 10.2 Å². The normalized spacial score (nSPS) is 17.4. The van der Waals surface area contributed by atoms with E-state index in [0.717, 1.165) is 23.5 Å². The zero-order chi connectivity index (χ0) is 29.9. The van der Waals surface area contributed by atoms with E-state index in [0.29, 0.717) is 54.6 Å². The molecule has 216 valence electrons. The number of methoxy groups -OCH3 is 1. The number of pyridine rings is 1. The summed E-state index contributed by atoms with van der Waals surface area (Å²) in [4.78, 5) is 45.7. The van der Waals surface area contributed by atoms with E-state index in [9.17, 15) is 18.4 Å². The molecule has 2 aromatic heterocycles. The van der Waals surface area contributed by atoms with E-state index in [1.165, 1.54) is 19.4 Å². The number of nitrogens with zero attached hydrogens (tertiary/aromatic N) is 6. The maximum absolute atomic E-state index is 14.0. The van der Waals surface area contributed by atoms with E-state index < -0.39 is 28.6 Å². The van der Waals surface area contributed by atoms with Crippen LogP contribution in [0.1, 0.15) is 65.5 Å². The second kappa shape index (κ2) is 10.0. The highest BCUT2D eigenvalue weighted by Crippen LogP contribution is 2.42. The van der Waals surface area contributed by atoms with Crippen molar-refractivity contribution in [3.63, 3.8) is 0 Å². The van der Waals surface area contributed by atoms with Crippen molar-refractivity contribution < 1.29 is 23.1 Å². The summed E-state index contributed by atoms with van der Waals surface area (Å²) >= 11 is 0. The molecular formula is C30H34F2N6O3. The number of amides is 1. The van der Waals surface area contributed by atoms with Gasteiger partial charge in [0, 0.05) is 43.3 Å². The highest BCUT2D eigenvalue weighted by molar-refractivity contribution is 5.94. The highest BCUT2D eigenvalue weighted by atomic mass is 19.2. The fraction of sp³-hybridized carbons (Fsp3) is 0.433. The summed E-state index contributed by atoms with van der Waals surface area (Å²) in [6, 6.07) is 5.62. The molecule has 9 nitrogen and oxygen atoms in total. The van der Waals surface area contributed by atoms with Gasteiger partial charge >= 0.3 is 5.97 Å². The SMILES string of the molecule is COC(=O)c1c(C)cc(N2CCN(C(=O)c3cnc4c(n3)C(C)(C)CN4c3ccc(F)c(F)c3)C(C)(C)C2)nc1C. The Morgan fingerprint density at radius 3 is 2.34 bits per heavy atom. The molecule has 2 aliphatic heterocycles. The lowest BCUT2D eigenvalue weighted by molar-refractivity contribution is 0.0505. The van der Waals surface area contributed by atoms with Crippen molar-refractivity contribution in [3.05, 3.63) is 70.3 Å². The Labute approximate surface area is 238 Å². The molecule has 2 aliphatic rings. The molecule has 0 N–H and O–H groups in total. The lowest BCUT2D eigenvalue weighted by Gasteiger charge is -2.47. The molecule has 3 aromatic rings. The first-order chi connectivity index (χ1) is 19.2. The van der Waals surface area contributed by atoms with Gasteiger partial charge in [0.25, 0.3) is 5.91 Å². The van der Waals surface area contributed by atoms with Gasteiger partial charge in [-0.05, 0) is 51.5 Å². The van der Waals surface area contributed by atoms with E-state index in [2.05, 4.69) is 14.9 Å². The molecule has 1 fully saturated rings. The summed E-state index contributed by atoms with van der Waals surface area (Å²) in [6.45, 7) is 13.6. The quantitative estimate of drug-likeness (QED) is 0.421. The Morgan fingerprint density at radius 1 is 0.976 bits per heavy atom. The van der Waals surface area contributed by atoms with Gasteiger partial charge < -0.3 is 19.4 Å². The summed E-state index contributed by atoms with van der Waals surface area (Å²) in [5.74, 6) is -1.23. The maximum atomic E-state index is 14.0. The van der Waals surface area contributed by atoms with E-state index in [4.69, 9.17) is 9.72 Å². The monoisotopic (exact) mass is 564 g/mol. The number of benzene rings is 1. The van der Waals surface area contributed by atoms with Crippen LogP contribution in [0.2, 0.25) is 0 Å².